The molecule has 0 heterocycles. The molecule has 19 heavy (non-hydrogen) atoms. The van der Waals surface area contributed by atoms with Gasteiger partial charge in [-0.2, -0.15) is 0 Å². The SMILES string of the molecule is NNC(Cc1ccc(F)c(Cl)c1)c1ccc(F)cc1. The Bertz CT molecular complexity index is 558. The van der Waals surface area contributed by atoms with E-state index in [2.05, 4.69) is 5.43 Å². The predicted molar refractivity (Wildman–Crippen MR) is 71.6 cm³/mol. The summed E-state index contributed by atoms with van der Waals surface area (Å²) in [6.07, 6.45) is 0.530. The third-order valence-corrected chi connectivity index (χ3v) is 3.19. The van der Waals surface area contributed by atoms with Gasteiger partial charge in [-0.3, -0.25) is 11.3 Å². The van der Waals surface area contributed by atoms with Crippen molar-refractivity contribution < 1.29 is 8.78 Å². The van der Waals surface area contributed by atoms with Crippen molar-refractivity contribution in [2.45, 2.75) is 12.5 Å². The summed E-state index contributed by atoms with van der Waals surface area (Å²) >= 11 is 5.73. The third kappa shape index (κ3) is 3.50. The van der Waals surface area contributed by atoms with Gasteiger partial charge in [0.05, 0.1) is 5.02 Å². The minimum absolute atomic E-state index is 0.0763. The topological polar surface area (TPSA) is 38.0 Å². The zero-order valence-corrected chi connectivity index (χ0v) is 10.8. The zero-order valence-electron chi connectivity index (χ0n) is 10.0. The fraction of sp³-hybridized carbons (Fsp3) is 0.143. The van der Waals surface area contributed by atoms with Crippen LogP contribution in [0.1, 0.15) is 17.2 Å². The fourth-order valence-electron chi connectivity index (χ4n) is 1.87. The maximum absolute atomic E-state index is 13.1. The Morgan fingerprint density at radius 1 is 1.11 bits per heavy atom. The zero-order chi connectivity index (χ0) is 13.8. The Hall–Kier alpha value is -1.49. The van der Waals surface area contributed by atoms with Crippen LogP contribution in [0.25, 0.3) is 0 Å². The van der Waals surface area contributed by atoms with Gasteiger partial charge in [-0.05, 0) is 41.8 Å². The Kier molecular flexibility index (Phi) is 4.47. The highest BCUT2D eigenvalue weighted by atomic mass is 35.5. The molecule has 0 radical (unpaired) electrons. The van der Waals surface area contributed by atoms with Crippen LogP contribution in [0.15, 0.2) is 42.5 Å². The van der Waals surface area contributed by atoms with Gasteiger partial charge in [0.25, 0.3) is 0 Å². The number of nitrogens with two attached hydrogens (primary N) is 1. The Morgan fingerprint density at radius 3 is 2.37 bits per heavy atom. The third-order valence-electron chi connectivity index (χ3n) is 2.90. The van der Waals surface area contributed by atoms with E-state index >= 15 is 0 Å². The first-order valence-corrected chi connectivity index (χ1v) is 6.13. The van der Waals surface area contributed by atoms with Crippen molar-refractivity contribution in [3.05, 3.63) is 70.2 Å². The molecule has 2 aromatic carbocycles. The van der Waals surface area contributed by atoms with Crippen LogP contribution in [0.5, 0.6) is 0 Å². The van der Waals surface area contributed by atoms with Crippen molar-refractivity contribution in [1.29, 1.82) is 0 Å². The normalized spacial score (nSPS) is 12.4. The summed E-state index contributed by atoms with van der Waals surface area (Å²) < 4.78 is 25.9. The van der Waals surface area contributed by atoms with Crippen molar-refractivity contribution in [3.8, 4) is 0 Å². The molecule has 0 fully saturated rings. The van der Waals surface area contributed by atoms with Crippen molar-refractivity contribution in [3.63, 3.8) is 0 Å². The van der Waals surface area contributed by atoms with E-state index in [0.717, 1.165) is 11.1 Å². The molecule has 2 nitrogen and oxygen atoms in total. The summed E-state index contributed by atoms with van der Waals surface area (Å²) in [5.74, 6) is 4.75. The number of rotatable bonds is 4. The van der Waals surface area contributed by atoms with Gasteiger partial charge < -0.3 is 0 Å². The van der Waals surface area contributed by atoms with Gasteiger partial charge in [0.2, 0.25) is 0 Å². The lowest BCUT2D eigenvalue weighted by molar-refractivity contribution is 0.548. The van der Waals surface area contributed by atoms with Gasteiger partial charge >= 0.3 is 0 Å². The van der Waals surface area contributed by atoms with Gasteiger partial charge in [0, 0.05) is 6.04 Å². The molecule has 0 spiro atoms. The molecule has 0 saturated carbocycles. The summed E-state index contributed by atoms with van der Waals surface area (Å²) in [7, 11) is 0. The summed E-state index contributed by atoms with van der Waals surface area (Å²) in [6, 6.07) is 10.4. The van der Waals surface area contributed by atoms with Crippen molar-refractivity contribution in [2.75, 3.05) is 0 Å². The second-order valence-electron chi connectivity index (χ2n) is 4.22. The standard InChI is InChI=1S/C14H13ClF2N2/c15-12-7-9(1-6-13(12)17)8-14(19-18)10-2-4-11(16)5-3-10/h1-7,14,19H,8,18H2. The summed E-state index contributed by atoms with van der Waals surface area (Å²) in [6.45, 7) is 0. The summed E-state index contributed by atoms with van der Waals surface area (Å²) in [4.78, 5) is 0. The number of nitrogens with one attached hydrogen (secondary N) is 1. The van der Waals surface area contributed by atoms with Gasteiger partial charge in [0.1, 0.15) is 11.6 Å². The fourth-order valence-corrected chi connectivity index (χ4v) is 2.07. The van der Waals surface area contributed by atoms with E-state index in [1.54, 1.807) is 24.3 Å². The molecular weight excluding hydrogens is 270 g/mol. The van der Waals surface area contributed by atoms with Crippen LogP contribution in [0.2, 0.25) is 5.02 Å². The number of hydrazine groups is 1. The number of hydrogen-bond acceptors (Lipinski definition) is 2. The molecule has 0 bridgehead atoms. The molecule has 3 N–H and O–H groups in total. The Morgan fingerprint density at radius 2 is 1.79 bits per heavy atom. The van der Waals surface area contributed by atoms with Crippen molar-refractivity contribution >= 4 is 11.6 Å². The second-order valence-corrected chi connectivity index (χ2v) is 4.63. The monoisotopic (exact) mass is 282 g/mol. The highest BCUT2D eigenvalue weighted by Crippen LogP contribution is 2.22. The van der Waals surface area contributed by atoms with E-state index in [9.17, 15) is 8.78 Å². The lowest BCUT2D eigenvalue weighted by Crippen LogP contribution is -2.29. The van der Waals surface area contributed by atoms with Crippen LogP contribution in [0.3, 0.4) is 0 Å². The van der Waals surface area contributed by atoms with Crippen molar-refractivity contribution in [1.82, 2.24) is 5.43 Å². The lowest BCUT2D eigenvalue weighted by Gasteiger charge is -2.16. The first-order chi connectivity index (χ1) is 9.10. The molecule has 1 unspecified atom stereocenters. The van der Waals surface area contributed by atoms with Crippen LogP contribution < -0.4 is 11.3 Å². The Balaban J connectivity index is 2.18. The van der Waals surface area contributed by atoms with Crippen LogP contribution in [0, 0.1) is 11.6 Å². The molecule has 100 valence electrons. The number of hydrogen-bond donors (Lipinski definition) is 2. The van der Waals surface area contributed by atoms with E-state index in [4.69, 9.17) is 17.4 Å². The van der Waals surface area contributed by atoms with Crippen LogP contribution in [-0.2, 0) is 6.42 Å². The molecule has 0 amide bonds. The average Bonchev–Trinajstić information content (AvgIpc) is 2.41. The smallest absolute Gasteiger partial charge is 0.141 e. The van der Waals surface area contributed by atoms with Gasteiger partial charge in [-0.25, -0.2) is 8.78 Å². The molecule has 0 aromatic heterocycles. The molecule has 2 rings (SSSR count). The highest BCUT2D eigenvalue weighted by Gasteiger charge is 2.11. The van der Waals surface area contributed by atoms with Crippen LogP contribution in [0.4, 0.5) is 8.78 Å². The van der Waals surface area contributed by atoms with E-state index in [0.29, 0.717) is 6.42 Å². The van der Waals surface area contributed by atoms with Gasteiger partial charge in [-0.1, -0.05) is 29.8 Å². The van der Waals surface area contributed by atoms with Gasteiger partial charge in [-0.15, -0.1) is 0 Å². The van der Waals surface area contributed by atoms with E-state index < -0.39 is 5.82 Å². The lowest BCUT2D eigenvalue weighted by atomic mass is 9.99. The first kappa shape index (κ1) is 13.9. The minimum Gasteiger partial charge on any atom is -0.271 e. The molecule has 5 heteroatoms. The maximum Gasteiger partial charge on any atom is 0.141 e. The van der Waals surface area contributed by atoms with Crippen LogP contribution >= 0.6 is 11.6 Å². The predicted octanol–water partition coefficient (Wildman–Crippen LogP) is 3.37. The molecular formula is C14H13ClF2N2. The number of halogens is 3. The molecule has 1 atom stereocenters. The largest absolute Gasteiger partial charge is 0.271 e. The van der Waals surface area contributed by atoms with E-state index in [-0.39, 0.29) is 16.9 Å². The van der Waals surface area contributed by atoms with Crippen LogP contribution in [-0.4, -0.2) is 0 Å². The molecule has 0 saturated heterocycles. The minimum atomic E-state index is -0.454. The maximum atomic E-state index is 13.1. The summed E-state index contributed by atoms with van der Waals surface area (Å²) in [5.41, 5.74) is 4.36. The molecule has 0 aliphatic rings. The van der Waals surface area contributed by atoms with E-state index in [1.165, 1.54) is 18.2 Å². The second kappa shape index (κ2) is 6.10. The quantitative estimate of drug-likeness (QED) is 0.666. The first-order valence-electron chi connectivity index (χ1n) is 5.75. The summed E-state index contributed by atoms with van der Waals surface area (Å²) in [5, 5.41) is 0.0763. The molecule has 0 aliphatic heterocycles. The van der Waals surface area contributed by atoms with E-state index in [1.807, 2.05) is 0 Å². The average molecular weight is 283 g/mol. The molecule has 2 aromatic rings. The van der Waals surface area contributed by atoms with Gasteiger partial charge in [0.15, 0.2) is 0 Å². The van der Waals surface area contributed by atoms with Crippen molar-refractivity contribution in [2.24, 2.45) is 5.84 Å². The highest BCUT2D eigenvalue weighted by molar-refractivity contribution is 6.30. The number of benzene rings is 2. The Labute approximate surface area is 115 Å². The molecule has 0 aliphatic carbocycles.